The van der Waals surface area contributed by atoms with Crippen LogP contribution in [0.15, 0.2) is 30.3 Å². The monoisotopic (exact) mass is 262 g/mol. The summed E-state index contributed by atoms with van der Waals surface area (Å²) in [5.74, 6) is -0.189. The zero-order valence-electron chi connectivity index (χ0n) is 11.0. The Labute approximate surface area is 112 Å². The number of nitrogens with one attached hydrogen (secondary N) is 1. The Balaban J connectivity index is 1.91. The lowest BCUT2D eigenvalue weighted by Gasteiger charge is -2.39. The number of hydrogen-bond acceptors (Lipinski definition) is 3. The Bertz CT molecular complexity index is 447. The molecule has 0 bridgehead atoms. The van der Waals surface area contributed by atoms with Crippen molar-refractivity contribution in [3.8, 4) is 0 Å². The van der Waals surface area contributed by atoms with Crippen LogP contribution in [0.4, 0.5) is 0 Å². The Morgan fingerprint density at radius 3 is 2.68 bits per heavy atom. The van der Waals surface area contributed by atoms with Crippen molar-refractivity contribution < 1.29 is 14.3 Å². The lowest BCUT2D eigenvalue weighted by molar-refractivity contribution is -0.129. The smallest absolute Gasteiger partial charge is 0.254 e. The molecule has 2 rings (SSSR count). The molecule has 1 N–H and O–H groups in total. The predicted octanol–water partition coefficient (Wildman–Crippen LogP) is 0.664. The first kappa shape index (κ1) is 13.5. The molecule has 0 aliphatic carbocycles. The second-order valence-corrected chi connectivity index (χ2v) is 4.45. The van der Waals surface area contributed by atoms with Gasteiger partial charge < -0.3 is 15.0 Å². The van der Waals surface area contributed by atoms with E-state index in [0.717, 1.165) is 6.42 Å². The first-order valence-corrected chi connectivity index (χ1v) is 6.36. The van der Waals surface area contributed by atoms with Gasteiger partial charge in [-0.15, -0.1) is 0 Å². The highest BCUT2D eigenvalue weighted by Gasteiger charge is 2.37. The van der Waals surface area contributed by atoms with Crippen LogP contribution in [0.5, 0.6) is 0 Å². The van der Waals surface area contributed by atoms with E-state index in [0.29, 0.717) is 25.3 Å². The number of ether oxygens (including phenoxy) is 1. The summed E-state index contributed by atoms with van der Waals surface area (Å²) in [4.78, 5) is 25.7. The van der Waals surface area contributed by atoms with E-state index in [1.54, 1.807) is 24.1 Å². The molecule has 1 unspecified atom stereocenters. The molecule has 5 nitrogen and oxygen atoms in total. The summed E-state index contributed by atoms with van der Waals surface area (Å²) in [5.41, 5.74) is 0.622. The Morgan fingerprint density at radius 2 is 2.11 bits per heavy atom. The number of carbonyl (C=O) groups is 2. The van der Waals surface area contributed by atoms with Crippen molar-refractivity contribution >= 4 is 11.8 Å². The second-order valence-electron chi connectivity index (χ2n) is 4.45. The van der Waals surface area contributed by atoms with Crippen LogP contribution in [0.25, 0.3) is 0 Å². The van der Waals surface area contributed by atoms with E-state index >= 15 is 0 Å². The lowest BCUT2D eigenvalue weighted by Crippen LogP contribution is -2.58. The molecule has 102 valence electrons. The van der Waals surface area contributed by atoms with E-state index in [2.05, 4.69) is 5.32 Å². The van der Waals surface area contributed by atoms with Crippen molar-refractivity contribution in [1.29, 1.82) is 0 Å². The van der Waals surface area contributed by atoms with Gasteiger partial charge in [0.2, 0.25) is 5.91 Å². The zero-order valence-corrected chi connectivity index (χ0v) is 11.0. The van der Waals surface area contributed by atoms with Crippen molar-refractivity contribution in [1.82, 2.24) is 10.2 Å². The van der Waals surface area contributed by atoms with Gasteiger partial charge in [0.25, 0.3) is 5.91 Å². The number of rotatable bonds is 5. The largest absolute Gasteiger partial charge is 0.383 e. The van der Waals surface area contributed by atoms with E-state index in [-0.39, 0.29) is 17.9 Å². The molecule has 1 saturated heterocycles. The zero-order chi connectivity index (χ0) is 13.7. The van der Waals surface area contributed by atoms with E-state index in [1.165, 1.54) is 0 Å². The maximum absolute atomic E-state index is 12.2. The van der Waals surface area contributed by atoms with Crippen LogP contribution in [0, 0.1) is 0 Å². The van der Waals surface area contributed by atoms with Crippen molar-refractivity contribution in [3.63, 3.8) is 0 Å². The normalized spacial score (nSPS) is 17.7. The highest BCUT2D eigenvalue weighted by atomic mass is 16.5. The highest BCUT2D eigenvalue weighted by Crippen LogP contribution is 2.20. The Morgan fingerprint density at radius 1 is 1.37 bits per heavy atom. The molecule has 1 aliphatic heterocycles. The van der Waals surface area contributed by atoms with Crippen LogP contribution in [0.3, 0.4) is 0 Å². The fraction of sp³-hybridized carbons (Fsp3) is 0.429. The first-order chi connectivity index (χ1) is 9.24. The molecule has 1 aromatic rings. The minimum Gasteiger partial charge on any atom is -0.383 e. The minimum absolute atomic E-state index is 0.0845. The van der Waals surface area contributed by atoms with Crippen LogP contribution in [0.1, 0.15) is 16.8 Å². The van der Waals surface area contributed by atoms with Gasteiger partial charge in [0, 0.05) is 25.8 Å². The third-order valence-electron chi connectivity index (χ3n) is 3.21. The number of benzene rings is 1. The van der Waals surface area contributed by atoms with Crippen LogP contribution in [-0.2, 0) is 9.53 Å². The fourth-order valence-corrected chi connectivity index (χ4v) is 2.04. The molecule has 1 aliphatic rings. The SMILES string of the molecule is COCCNC(=O)C1CCN1C(=O)c1ccccc1. The molecule has 19 heavy (non-hydrogen) atoms. The molecule has 1 aromatic carbocycles. The van der Waals surface area contributed by atoms with Crippen LogP contribution in [0.2, 0.25) is 0 Å². The lowest BCUT2D eigenvalue weighted by atomic mass is 10.0. The van der Waals surface area contributed by atoms with Crippen molar-refractivity contribution in [2.75, 3.05) is 26.8 Å². The molecule has 0 aromatic heterocycles. The van der Waals surface area contributed by atoms with Crippen molar-refractivity contribution in [3.05, 3.63) is 35.9 Å². The summed E-state index contributed by atoms with van der Waals surface area (Å²) in [6, 6.07) is 8.69. The van der Waals surface area contributed by atoms with Gasteiger partial charge in [-0.2, -0.15) is 0 Å². The summed E-state index contributed by atoms with van der Waals surface area (Å²) < 4.78 is 4.87. The molecule has 0 radical (unpaired) electrons. The average molecular weight is 262 g/mol. The van der Waals surface area contributed by atoms with Gasteiger partial charge in [-0.3, -0.25) is 9.59 Å². The van der Waals surface area contributed by atoms with E-state index in [4.69, 9.17) is 4.74 Å². The summed E-state index contributed by atoms with van der Waals surface area (Å²) in [6.07, 6.45) is 0.720. The Kier molecular flexibility index (Phi) is 4.52. The van der Waals surface area contributed by atoms with Gasteiger partial charge in [0.15, 0.2) is 0 Å². The molecule has 0 saturated carbocycles. The molecule has 1 heterocycles. The first-order valence-electron chi connectivity index (χ1n) is 6.36. The third-order valence-corrected chi connectivity index (χ3v) is 3.21. The van der Waals surface area contributed by atoms with Gasteiger partial charge in [0.05, 0.1) is 6.61 Å². The number of nitrogens with zero attached hydrogens (tertiary/aromatic N) is 1. The molecule has 2 amide bonds. The topological polar surface area (TPSA) is 58.6 Å². The molecular weight excluding hydrogens is 244 g/mol. The van der Waals surface area contributed by atoms with Gasteiger partial charge in [0.1, 0.15) is 6.04 Å². The maximum atomic E-state index is 12.2. The van der Waals surface area contributed by atoms with Crippen molar-refractivity contribution in [2.24, 2.45) is 0 Å². The van der Waals surface area contributed by atoms with E-state index in [1.807, 2.05) is 18.2 Å². The molecule has 5 heteroatoms. The minimum atomic E-state index is -0.343. The summed E-state index contributed by atoms with van der Waals surface area (Å²) >= 11 is 0. The summed E-state index contributed by atoms with van der Waals surface area (Å²) in [5, 5.41) is 2.76. The number of likely N-dealkylation sites (tertiary alicyclic amines) is 1. The number of methoxy groups -OCH3 is 1. The molecule has 1 atom stereocenters. The van der Waals surface area contributed by atoms with Crippen LogP contribution < -0.4 is 5.32 Å². The van der Waals surface area contributed by atoms with E-state index < -0.39 is 0 Å². The van der Waals surface area contributed by atoms with Gasteiger partial charge >= 0.3 is 0 Å². The molecule has 1 fully saturated rings. The summed E-state index contributed by atoms with van der Waals surface area (Å²) in [7, 11) is 1.58. The number of hydrogen-bond donors (Lipinski definition) is 1. The fourth-order valence-electron chi connectivity index (χ4n) is 2.04. The van der Waals surface area contributed by atoms with E-state index in [9.17, 15) is 9.59 Å². The van der Waals surface area contributed by atoms with Crippen LogP contribution >= 0.6 is 0 Å². The molecular formula is C14H18N2O3. The van der Waals surface area contributed by atoms with Gasteiger partial charge in [-0.25, -0.2) is 0 Å². The van der Waals surface area contributed by atoms with Crippen LogP contribution in [-0.4, -0.2) is 49.6 Å². The standard InChI is InChI=1S/C14H18N2O3/c1-19-10-8-15-13(17)12-7-9-16(12)14(18)11-5-3-2-4-6-11/h2-6,12H,7-10H2,1H3,(H,15,17). The summed E-state index contributed by atoms with van der Waals surface area (Å²) in [6.45, 7) is 1.58. The van der Waals surface area contributed by atoms with Gasteiger partial charge in [-0.1, -0.05) is 18.2 Å². The number of amides is 2. The second kappa shape index (κ2) is 6.33. The predicted molar refractivity (Wildman–Crippen MR) is 70.8 cm³/mol. The maximum Gasteiger partial charge on any atom is 0.254 e. The Hall–Kier alpha value is -1.88. The quantitative estimate of drug-likeness (QED) is 0.793. The number of carbonyl (C=O) groups excluding carboxylic acids is 2. The highest BCUT2D eigenvalue weighted by molar-refractivity contribution is 5.98. The van der Waals surface area contributed by atoms with Crippen molar-refractivity contribution in [2.45, 2.75) is 12.5 Å². The van der Waals surface area contributed by atoms with Gasteiger partial charge in [-0.05, 0) is 18.6 Å². The average Bonchev–Trinajstić information content (AvgIpc) is 2.38. The third kappa shape index (κ3) is 3.12. The molecule has 0 spiro atoms.